The molecule has 2 N–H and O–H groups in total. The number of nitrogens with one attached hydrogen (secondary N) is 2. The van der Waals surface area contributed by atoms with Crippen LogP contribution >= 0.6 is 0 Å². The van der Waals surface area contributed by atoms with Crippen molar-refractivity contribution < 1.29 is 9.53 Å². The molecule has 6 nitrogen and oxygen atoms in total. The molecule has 124 valence electrons. The fraction of sp³-hybridized carbons (Fsp3) is 0.529. The monoisotopic (exact) mass is 316 g/mol. The van der Waals surface area contributed by atoms with Gasteiger partial charge in [0.15, 0.2) is 0 Å². The molecule has 3 atom stereocenters. The summed E-state index contributed by atoms with van der Waals surface area (Å²) in [6.45, 7) is 8.57. The Labute approximate surface area is 137 Å². The number of urea groups is 1. The van der Waals surface area contributed by atoms with Gasteiger partial charge in [-0.05, 0) is 45.0 Å². The SMILES string of the molecule is C[C@@H]1CN([C@H](C)CNC(=O)Nc2ccc(C#N)cc2)C[C@@H](C)O1. The van der Waals surface area contributed by atoms with E-state index in [4.69, 9.17) is 10.00 Å². The van der Waals surface area contributed by atoms with E-state index in [9.17, 15) is 4.79 Å². The van der Waals surface area contributed by atoms with Crippen LogP contribution in [0.3, 0.4) is 0 Å². The van der Waals surface area contributed by atoms with Crippen LogP contribution in [0.4, 0.5) is 10.5 Å². The van der Waals surface area contributed by atoms with Crippen molar-refractivity contribution in [1.29, 1.82) is 5.26 Å². The van der Waals surface area contributed by atoms with Crippen LogP contribution in [0.25, 0.3) is 0 Å². The third-order valence-corrected chi connectivity index (χ3v) is 3.90. The van der Waals surface area contributed by atoms with Crippen LogP contribution in [0.2, 0.25) is 0 Å². The van der Waals surface area contributed by atoms with Gasteiger partial charge in [0.25, 0.3) is 0 Å². The maximum Gasteiger partial charge on any atom is 0.319 e. The predicted molar refractivity (Wildman–Crippen MR) is 89.2 cm³/mol. The van der Waals surface area contributed by atoms with Gasteiger partial charge >= 0.3 is 6.03 Å². The number of hydrogen-bond acceptors (Lipinski definition) is 4. The Balaban J connectivity index is 1.78. The highest BCUT2D eigenvalue weighted by Crippen LogP contribution is 2.13. The summed E-state index contributed by atoms with van der Waals surface area (Å²) in [6.07, 6.45) is 0.433. The van der Waals surface area contributed by atoms with Crippen LogP contribution < -0.4 is 10.6 Å². The number of nitriles is 1. The maximum atomic E-state index is 12.0. The smallest absolute Gasteiger partial charge is 0.319 e. The van der Waals surface area contributed by atoms with Crippen molar-refractivity contribution >= 4 is 11.7 Å². The van der Waals surface area contributed by atoms with E-state index in [1.54, 1.807) is 24.3 Å². The molecule has 1 fully saturated rings. The molecule has 1 aliphatic rings. The summed E-state index contributed by atoms with van der Waals surface area (Å²) < 4.78 is 5.73. The first-order chi connectivity index (χ1) is 11.0. The average Bonchev–Trinajstić information content (AvgIpc) is 2.52. The van der Waals surface area contributed by atoms with Crippen LogP contribution in [-0.2, 0) is 4.74 Å². The van der Waals surface area contributed by atoms with E-state index in [-0.39, 0.29) is 24.3 Å². The number of amides is 2. The number of morpholine rings is 1. The first-order valence-electron chi connectivity index (χ1n) is 7.92. The minimum Gasteiger partial charge on any atom is -0.373 e. The van der Waals surface area contributed by atoms with Gasteiger partial charge in [-0.2, -0.15) is 5.26 Å². The zero-order chi connectivity index (χ0) is 16.8. The number of rotatable bonds is 4. The first-order valence-corrected chi connectivity index (χ1v) is 7.92. The number of carbonyl (C=O) groups excluding carboxylic acids is 1. The lowest BCUT2D eigenvalue weighted by molar-refractivity contribution is -0.0777. The maximum absolute atomic E-state index is 12.0. The number of benzene rings is 1. The van der Waals surface area contributed by atoms with Crippen molar-refractivity contribution in [3.05, 3.63) is 29.8 Å². The van der Waals surface area contributed by atoms with E-state index in [0.29, 0.717) is 17.8 Å². The quantitative estimate of drug-likeness (QED) is 0.892. The Bertz CT molecular complexity index is 557. The normalized spacial score (nSPS) is 22.9. The molecule has 0 saturated carbocycles. The molecule has 0 aromatic heterocycles. The van der Waals surface area contributed by atoms with Gasteiger partial charge in [0, 0.05) is 31.4 Å². The molecule has 0 aliphatic carbocycles. The molecule has 0 spiro atoms. The van der Waals surface area contributed by atoms with E-state index in [2.05, 4.69) is 36.3 Å². The van der Waals surface area contributed by atoms with Gasteiger partial charge in [0.05, 0.1) is 23.8 Å². The summed E-state index contributed by atoms with van der Waals surface area (Å²) in [4.78, 5) is 14.3. The molecule has 0 radical (unpaired) electrons. The highest BCUT2D eigenvalue weighted by atomic mass is 16.5. The highest BCUT2D eigenvalue weighted by molar-refractivity contribution is 5.89. The molecule has 1 heterocycles. The molecule has 1 saturated heterocycles. The number of ether oxygens (including phenoxy) is 1. The lowest BCUT2D eigenvalue weighted by atomic mass is 10.2. The Kier molecular flexibility index (Phi) is 5.97. The Morgan fingerprint density at radius 2 is 1.96 bits per heavy atom. The zero-order valence-corrected chi connectivity index (χ0v) is 13.9. The Morgan fingerprint density at radius 1 is 1.35 bits per heavy atom. The average molecular weight is 316 g/mol. The number of carbonyl (C=O) groups is 1. The van der Waals surface area contributed by atoms with Gasteiger partial charge in [-0.25, -0.2) is 4.79 Å². The Hall–Kier alpha value is -2.10. The van der Waals surface area contributed by atoms with E-state index >= 15 is 0 Å². The van der Waals surface area contributed by atoms with Crippen LogP contribution in [0.15, 0.2) is 24.3 Å². The second-order valence-corrected chi connectivity index (χ2v) is 6.08. The molecule has 0 bridgehead atoms. The van der Waals surface area contributed by atoms with E-state index in [0.717, 1.165) is 13.1 Å². The van der Waals surface area contributed by atoms with Gasteiger partial charge in [0.1, 0.15) is 0 Å². The lowest BCUT2D eigenvalue weighted by Gasteiger charge is -2.38. The van der Waals surface area contributed by atoms with Gasteiger partial charge in [-0.15, -0.1) is 0 Å². The summed E-state index contributed by atoms with van der Waals surface area (Å²) in [6, 6.07) is 8.83. The first kappa shape index (κ1) is 17.3. The molecule has 1 aliphatic heterocycles. The number of hydrogen-bond donors (Lipinski definition) is 2. The van der Waals surface area contributed by atoms with E-state index in [1.165, 1.54) is 0 Å². The van der Waals surface area contributed by atoms with Crippen LogP contribution in [-0.4, -0.2) is 48.8 Å². The molecule has 6 heteroatoms. The van der Waals surface area contributed by atoms with Gasteiger partial charge < -0.3 is 15.4 Å². The van der Waals surface area contributed by atoms with Gasteiger partial charge in [0.2, 0.25) is 0 Å². The molecule has 23 heavy (non-hydrogen) atoms. The lowest BCUT2D eigenvalue weighted by Crippen LogP contribution is -2.52. The van der Waals surface area contributed by atoms with E-state index in [1.807, 2.05) is 6.07 Å². The van der Waals surface area contributed by atoms with Gasteiger partial charge in [-0.3, -0.25) is 4.90 Å². The summed E-state index contributed by atoms with van der Waals surface area (Å²) in [5, 5.41) is 14.4. The second kappa shape index (κ2) is 7.95. The summed E-state index contributed by atoms with van der Waals surface area (Å²) in [5.41, 5.74) is 1.24. The van der Waals surface area contributed by atoms with E-state index < -0.39 is 0 Å². The van der Waals surface area contributed by atoms with Crippen LogP contribution in [0.5, 0.6) is 0 Å². The highest BCUT2D eigenvalue weighted by Gasteiger charge is 2.25. The molecular weight excluding hydrogens is 292 g/mol. The largest absolute Gasteiger partial charge is 0.373 e. The standard InChI is InChI=1S/C17H24N4O2/c1-12(21-10-13(2)23-14(3)11-21)9-19-17(22)20-16-6-4-15(8-18)5-7-16/h4-7,12-14H,9-11H2,1-3H3,(H2,19,20,22)/t12-,13-,14-/m1/s1. The number of anilines is 1. The predicted octanol–water partition coefficient (Wildman–Crippen LogP) is 2.18. The summed E-state index contributed by atoms with van der Waals surface area (Å²) in [5.74, 6) is 0. The second-order valence-electron chi connectivity index (χ2n) is 6.08. The fourth-order valence-corrected chi connectivity index (χ4v) is 2.75. The molecule has 1 aromatic rings. The fourth-order valence-electron chi connectivity index (χ4n) is 2.75. The molecule has 0 unspecified atom stereocenters. The van der Waals surface area contributed by atoms with Gasteiger partial charge in [-0.1, -0.05) is 0 Å². The molecule has 2 amide bonds. The van der Waals surface area contributed by atoms with Crippen molar-refractivity contribution in [1.82, 2.24) is 10.2 Å². The van der Waals surface area contributed by atoms with Crippen molar-refractivity contribution in [2.24, 2.45) is 0 Å². The Morgan fingerprint density at radius 3 is 2.52 bits per heavy atom. The zero-order valence-electron chi connectivity index (χ0n) is 13.9. The van der Waals surface area contributed by atoms with Crippen LogP contribution in [0, 0.1) is 11.3 Å². The summed E-state index contributed by atoms with van der Waals surface area (Å²) in [7, 11) is 0. The van der Waals surface area contributed by atoms with Crippen molar-refractivity contribution in [2.45, 2.75) is 39.0 Å². The minimum atomic E-state index is -0.240. The molecular formula is C17H24N4O2. The minimum absolute atomic E-state index is 0.216. The molecule has 1 aromatic carbocycles. The molecule has 2 rings (SSSR count). The summed E-state index contributed by atoms with van der Waals surface area (Å²) >= 11 is 0. The number of nitrogens with zero attached hydrogens (tertiary/aromatic N) is 2. The van der Waals surface area contributed by atoms with Crippen LogP contribution in [0.1, 0.15) is 26.3 Å². The van der Waals surface area contributed by atoms with Crippen molar-refractivity contribution in [3.63, 3.8) is 0 Å². The third-order valence-electron chi connectivity index (χ3n) is 3.90. The third kappa shape index (κ3) is 5.23. The topological polar surface area (TPSA) is 77.4 Å². The van der Waals surface area contributed by atoms with Crippen molar-refractivity contribution in [2.75, 3.05) is 25.0 Å². The van der Waals surface area contributed by atoms with Crippen molar-refractivity contribution in [3.8, 4) is 6.07 Å².